The minimum Gasteiger partial charge on any atom is -0.505 e. The summed E-state index contributed by atoms with van der Waals surface area (Å²) in [6.45, 7) is 1.46. The van der Waals surface area contributed by atoms with E-state index < -0.39 is 12.4 Å². The van der Waals surface area contributed by atoms with E-state index >= 15 is 0 Å². The van der Waals surface area contributed by atoms with E-state index in [0.717, 1.165) is 64.2 Å². The first-order chi connectivity index (χ1) is 12.5. The highest BCUT2D eigenvalue weighted by Crippen LogP contribution is 2.36. The third-order valence-electron chi connectivity index (χ3n) is 5.48. The molecule has 1 fully saturated rings. The van der Waals surface area contributed by atoms with E-state index in [0.29, 0.717) is 24.5 Å². The van der Waals surface area contributed by atoms with Crippen molar-refractivity contribution in [2.45, 2.75) is 90.1 Å². The molecule has 1 aliphatic carbocycles. The third-order valence-corrected chi connectivity index (χ3v) is 5.48. The molecule has 3 N–H and O–H groups in total. The number of allylic oxidation sites excluding steroid dienone is 1. The molecule has 0 aromatic rings. The molecule has 1 saturated carbocycles. The molecule has 5 heteroatoms. The van der Waals surface area contributed by atoms with Crippen LogP contribution in [0, 0.1) is 11.8 Å². The molecular formula is C21H36O5. The molecule has 1 aliphatic rings. The van der Waals surface area contributed by atoms with Gasteiger partial charge in [-0.25, -0.2) is 0 Å². The highest BCUT2D eigenvalue weighted by Gasteiger charge is 2.33. The van der Waals surface area contributed by atoms with Crippen molar-refractivity contribution in [2.75, 3.05) is 6.61 Å². The molecule has 0 radical (unpaired) electrons. The summed E-state index contributed by atoms with van der Waals surface area (Å²) in [4.78, 5) is 23.2. The maximum Gasteiger partial charge on any atom is 0.221 e. The van der Waals surface area contributed by atoms with Gasteiger partial charge in [0, 0.05) is 12.3 Å². The molecule has 0 unspecified atom stereocenters. The minimum atomic E-state index is -0.673. The average Bonchev–Trinajstić information content (AvgIpc) is 2.98. The molecule has 0 heterocycles. The number of ketones is 2. The summed E-state index contributed by atoms with van der Waals surface area (Å²) in [6, 6.07) is 0. The van der Waals surface area contributed by atoms with Crippen molar-refractivity contribution >= 4 is 11.6 Å². The van der Waals surface area contributed by atoms with Gasteiger partial charge in [-0.05, 0) is 56.9 Å². The van der Waals surface area contributed by atoms with Crippen LogP contribution < -0.4 is 0 Å². The zero-order valence-electron chi connectivity index (χ0n) is 16.2. The van der Waals surface area contributed by atoms with Crippen molar-refractivity contribution in [3.63, 3.8) is 0 Å². The van der Waals surface area contributed by atoms with E-state index in [1.54, 1.807) is 0 Å². The number of rotatable bonds is 14. The Morgan fingerprint density at radius 2 is 1.92 bits per heavy atom. The van der Waals surface area contributed by atoms with E-state index in [4.69, 9.17) is 5.11 Å². The second-order valence-corrected chi connectivity index (χ2v) is 7.55. The van der Waals surface area contributed by atoms with Gasteiger partial charge in [-0.1, -0.05) is 32.6 Å². The van der Waals surface area contributed by atoms with E-state index in [9.17, 15) is 19.8 Å². The van der Waals surface area contributed by atoms with E-state index in [-0.39, 0.29) is 17.8 Å². The van der Waals surface area contributed by atoms with Crippen LogP contribution in [0.1, 0.15) is 84.0 Å². The van der Waals surface area contributed by atoms with Gasteiger partial charge in [-0.2, -0.15) is 0 Å². The van der Waals surface area contributed by atoms with Crippen LogP contribution in [-0.2, 0) is 9.59 Å². The van der Waals surface area contributed by atoms with Crippen molar-refractivity contribution in [1.82, 2.24) is 0 Å². The van der Waals surface area contributed by atoms with Crippen LogP contribution in [0.25, 0.3) is 0 Å². The third kappa shape index (κ3) is 8.45. The fraction of sp³-hybridized carbons (Fsp3) is 0.810. The van der Waals surface area contributed by atoms with Crippen LogP contribution in [-0.4, -0.2) is 39.6 Å². The van der Waals surface area contributed by atoms with Gasteiger partial charge in [0.05, 0.1) is 6.10 Å². The molecule has 0 saturated heterocycles. The Hall–Kier alpha value is -1.20. The number of hydrogen-bond donors (Lipinski definition) is 3. The Kier molecular flexibility index (Phi) is 11.5. The lowest BCUT2D eigenvalue weighted by molar-refractivity contribution is -0.121. The standard InChI is InChI=1S/C21H36O5/c1-2-3-9-17(23)10-7-8-16-13-14-19(24)18(16)11-5-4-6-12-20(25)21(26)15-22/h12,16-18,22-23,25H,2-11,13-15H2,1H3/t16-,17+,18+/m0/s1. The summed E-state index contributed by atoms with van der Waals surface area (Å²) in [6.07, 6.45) is 11.9. The smallest absolute Gasteiger partial charge is 0.221 e. The summed E-state index contributed by atoms with van der Waals surface area (Å²) in [5, 5.41) is 28.0. The lowest BCUT2D eigenvalue weighted by Crippen LogP contribution is -2.16. The van der Waals surface area contributed by atoms with Gasteiger partial charge in [-0.3, -0.25) is 9.59 Å². The average molecular weight is 369 g/mol. The van der Waals surface area contributed by atoms with E-state index in [2.05, 4.69) is 6.92 Å². The quantitative estimate of drug-likeness (QED) is 0.246. The molecule has 0 aliphatic heterocycles. The number of carbonyl (C=O) groups excluding carboxylic acids is 2. The Labute approximate surface area is 157 Å². The van der Waals surface area contributed by atoms with Crippen molar-refractivity contribution in [2.24, 2.45) is 11.8 Å². The molecule has 0 spiro atoms. The summed E-state index contributed by atoms with van der Waals surface area (Å²) in [7, 11) is 0. The monoisotopic (exact) mass is 368 g/mol. The summed E-state index contributed by atoms with van der Waals surface area (Å²) in [5.74, 6) is -0.0725. The maximum atomic E-state index is 12.1. The number of unbranched alkanes of at least 4 members (excludes halogenated alkanes) is 3. The molecule has 3 atom stereocenters. The largest absolute Gasteiger partial charge is 0.505 e. The summed E-state index contributed by atoms with van der Waals surface area (Å²) in [5.41, 5.74) is 0. The highest BCUT2D eigenvalue weighted by atomic mass is 16.3. The zero-order valence-corrected chi connectivity index (χ0v) is 16.2. The van der Waals surface area contributed by atoms with Crippen molar-refractivity contribution in [3.8, 4) is 0 Å². The highest BCUT2D eigenvalue weighted by molar-refractivity contribution is 5.93. The Balaban J connectivity index is 2.26. The molecule has 0 amide bonds. The Morgan fingerprint density at radius 1 is 1.19 bits per heavy atom. The van der Waals surface area contributed by atoms with Crippen molar-refractivity contribution in [1.29, 1.82) is 0 Å². The molecular weight excluding hydrogens is 332 g/mol. The molecule has 1 rings (SSSR count). The van der Waals surface area contributed by atoms with Gasteiger partial charge in [0.2, 0.25) is 5.78 Å². The number of aliphatic hydroxyl groups excluding tert-OH is 3. The van der Waals surface area contributed by atoms with Gasteiger partial charge in [0.25, 0.3) is 0 Å². The van der Waals surface area contributed by atoms with Crippen LogP contribution in [0.2, 0.25) is 0 Å². The summed E-state index contributed by atoms with van der Waals surface area (Å²) < 4.78 is 0. The normalized spacial score (nSPS) is 22.0. The molecule has 0 aromatic carbocycles. The Bertz CT molecular complexity index is 457. The van der Waals surface area contributed by atoms with Crippen LogP contribution in [0.4, 0.5) is 0 Å². The van der Waals surface area contributed by atoms with Crippen LogP contribution >= 0.6 is 0 Å². The predicted molar refractivity (Wildman–Crippen MR) is 102 cm³/mol. The molecule has 5 nitrogen and oxygen atoms in total. The van der Waals surface area contributed by atoms with Gasteiger partial charge in [-0.15, -0.1) is 0 Å². The van der Waals surface area contributed by atoms with Gasteiger partial charge in [0.15, 0.2) is 5.76 Å². The lowest BCUT2D eigenvalue weighted by atomic mass is 9.86. The lowest BCUT2D eigenvalue weighted by Gasteiger charge is -2.19. The van der Waals surface area contributed by atoms with Crippen molar-refractivity contribution < 1.29 is 24.9 Å². The van der Waals surface area contributed by atoms with Gasteiger partial charge in [0.1, 0.15) is 12.4 Å². The topological polar surface area (TPSA) is 94.8 Å². The van der Waals surface area contributed by atoms with Crippen molar-refractivity contribution in [3.05, 3.63) is 11.8 Å². The minimum absolute atomic E-state index is 0.138. The van der Waals surface area contributed by atoms with Gasteiger partial charge < -0.3 is 15.3 Å². The van der Waals surface area contributed by atoms with E-state index in [1.807, 2.05) is 0 Å². The SMILES string of the molecule is CCCC[C@@H](O)CCC[C@H]1CCC(=O)[C@@H]1CCCCC=C(O)C(=O)CO. The second-order valence-electron chi connectivity index (χ2n) is 7.55. The molecule has 26 heavy (non-hydrogen) atoms. The molecule has 0 bridgehead atoms. The molecule has 150 valence electrons. The van der Waals surface area contributed by atoms with Gasteiger partial charge >= 0.3 is 0 Å². The number of hydrogen-bond acceptors (Lipinski definition) is 5. The molecule has 0 aromatic heterocycles. The number of aliphatic hydroxyl groups is 3. The number of carbonyl (C=O) groups is 2. The Morgan fingerprint density at radius 3 is 2.62 bits per heavy atom. The fourth-order valence-electron chi connectivity index (χ4n) is 3.86. The summed E-state index contributed by atoms with van der Waals surface area (Å²) >= 11 is 0. The first kappa shape index (κ1) is 22.8. The first-order valence-corrected chi connectivity index (χ1v) is 10.2. The second kappa shape index (κ2) is 13.0. The fourth-order valence-corrected chi connectivity index (χ4v) is 3.86. The maximum absolute atomic E-state index is 12.1. The zero-order chi connectivity index (χ0) is 19.4. The van der Waals surface area contributed by atoms with E-state index in [1.165, 1.54) is 6.08 Å². The van der Waals surface area contributed by atoms with Crippen LogP contribution in [0.5, 0.6) is 0 Å². The number of Topliss-reactive ketones (excluding diaryl/α,β-unsaturated/α-hetero) is 2. The predicted octanol–water partition coefficient (Wildman–Crippen LogP) is 3.87. The van der Waals surface area contributed by atoms with Crippen LogP contribution in [0.15, 0.2) is 11.8 Å². The van der Waals surface area contributed by atoms with Crippen LogP contribution in [0.3, 0.4) is 0 Å². The first-order valence-electron chi connectivity index (χ1n) is 10.2.